The molecule has 1 saturated heterocycles. The summed E-state index contributed by atoms with van der Waals surface area (Å²) in [5, 5.41) is 3.20. The highest BCUT2D eigenvalue weighted by Crippen LogP contribution is 2.28. The van der Waals surface area contributed by atoms with Crippen LogP contribution in [0.25, 0.3) is 0 Å². The van der Waals surface area contributed by atoms with Gasteiger partial charge in [0.25, 0.3) is 5.91 Å². The van der Waals surface area contributed by atoms with E-state index in [0.717, 1.165) is 18.7 Å². The standard InChI is InChI=1S/C27H38N2O/c1-26(2,3)22-13-9-20(10-14-22)24(29-17-7-8-18-29)19-28-25(30)21-11-15-23(16-12-21)27(4,5)6/h9-16,24H,7-8,17-19H2,1-6H3,(H,28,30)/t24-/m0/s1. The molecule has 0 unspecified atom stereocenters. The Kier molecular flexibility index (Phi) is 6.71. The first-order valence-corrected chi connectivity index (χ1v) is 11.3. The zero-order chi connectivity index (χ0) is 21.9. The fourth-order valence-electron chi connectivity index (χ4n) is 4.13. The fraction of sp³-hybridized carbons (Fsp3) is 0.519. The number of carbonyl (C=O) groups is 1. The Morgan fingerprint density at radius 3 is 1.77 bits per heavy atom. The minimum absolute atomic E-state index is 0.00553. The van der Waals surface area contributed by atoms with Crippen molar-refractivity contribution in [2.75, 3.05) is 19.6 Å². The summed E-state index contributed by atoms with van der Waals surface area (Å²) in [4.78, 5) is 15.3. The predicted molar refractivity (Wildman–Crippen MR) is 126 cm³/mol. The summed E-state index contributed by atoms with van der Waals surface area (Å²) in [5.41, 5.74) is 4.84. The highest BCUT2D eigenvalue weighted by molar-refractivity contribution is 5.94. The SMILES string of the molecule is CC(C)(C)c1ccc(C(=O)NC[C@@H](c2ccc(C(C)(C)C)cc2)N2CCCC2)cc1. The molecule has 0 aromatic heterocycles. The van der Waals surface area contributed by atoms with Gasteiger partial charge >= 0.3 is 0 Å². The van der Waals surface area contributed by atoms with E-state index in [9.17, 15) is 4.79 Å². The maximum Gasteiger partial charge on any atom is 0.251 e. The first-order valence-electron chi connectivity index (χ1n) is 11.3. The van der Waals surface area contributed by atoms with Crippen LogP contribution in [-0.4, -0.2) is 30.4 Å². The average Bonchev–Trinajstić information content (AvgIpc) is 3.21. The van der Waals surface area contributed by atoms with E-state index in [1.807, 2.05) is 12.1 Å². The maximum atomic E-state index is 12.8. The molecule has 162 valence electrons. The summed E-state index contributed by atoms with van der Waals surface area (Å²) in [6, 6.07) is 17.2. The maximum absolute atomic E-state index is 12.8. The van der Waals surface area contributed by atoms with Crippen LogP contribution in [-0.2, 0) is 10.8 Å². The predicted octanol–water partition coefficient (Wildman–Crippen LogP) is 5.85. The second-order valence-electron chi connectivity index (χ2n) is 10.7. The van der Waals surface area contributed by atoms with Crippen molar-refractivity contribution in [2.45, 2.75) is 71.3 Å². The van der Waals surface area contributed by atoms with Crippen molar-refractivity contribution in [3.05, 3.63) is 70.8 Å². The fourth-order valence-corrected chi connectivity index (χ4v) is 4.13. The van der Waals surface area contributed by atoms with E-state index in [0.29, 0.717) is 6.54 Å². The van der Waals surface area contributed by atoms with Crippen molar-refractivity contribution in [3.8, 4) is 0 Å². The van der Waals surface area contributed by atoms with Crippen LogP contribution in [0.3, 0.4) is 0 Å². The largest absolute Gasteiger partial charge is 0.350 e. The number of hydrogen-bond donors (Lipinski definition) is 1. The third-order valence-electron chi connectivity index (χ3n) is 6.21. The lowest BCUT2D eigenvalue weighted by atomic mass is 9.86. The van der Waals surface area contributed by atoms with E-state index in [4.69, 9.17) is 0 Å². The molecular formula is C27H38N2O. The molecule has 2 aromatic rings. The Hall–Kier alpha value is -2.13. The van der Waals surface area contributed by atoms with E-state index < -0.39 is 0 Å². The first-order chi connectivity index (χ1) is 14.1. The van der Waals surface area contributed by atoms with Gasteiger partial charge in [0, 0.05) is 12.1 Å². The number of hydrogen-bond acceptors (Lipinski definition) is 2. The van der Waals surface area contributed by atoms with Gasteiger partial charge in [0.1, 0.15) is 0 Å². The molecule has 3 heteroatoms. The third-order valence-corrected chi connectivity index (χ3v) is 6.21. The number of rotatable bonds is 5. The lowest BCUT2D eigenvalue weighted by Crippen LogP contribution is -2.36. The topological polar surface area (TPSA) is 32.3 Å². The van der Waals surface area contributed by atoms with Crippen LogP contribution >= 0.6 is 0 Å². The lowest BCUT2D eigenvalue weighted by Gasteiger charge is -2.29. The first kappa shape index (κ1) is 22.6. The molecule has 0 aliphatic carbocycles. The molecule has 1 fully saturated rings. The molecule has 1 N–H and O–H groups in total. The van der Waals surface area contributed by atoms with Gasteiger partial charge in [-0.3, -0.25) is 9.69 Å². The van der Waals surface area contributed by atoms with E-state index in [2.05, 4.69) is 88.2 Å². The number of benzene rings is 2. The highest BCUT2D eigenvalue weighted by Gasteiger charge is 2.25. The number of nitrogens with zero attached hydrogens (tertiary/aromatic N) is 1. The molecule has 30 heavy (non-hydrogen) atoms. The second-order valence-corrected chi connectivity index (χ2v) is 10.7. The molecular weight excluding hydrogens is 368 g/mol. The van der Waals surface area contributed by atoms with Crippen LogP contribution in [0.4, 0.5) is 0 Å². The van der Waals surface area contributed by atoms with E-state index in [1.54, 1.807) is 0 Å². The highest BCUT2D eigenvalue weighted by atomic mass is 16.1. The average molecular weight is 407 g/mol. The van der Waals surface area contributed by atoms with Gasteiger partial charge in [-0.15, -0.1) is 0 Å². The summed E-state index contributed by atoms with van der Waals surface area (Å²) >= 11 is 0. The molecule has 1 amide bonds. The van der Waals surface area contributed by atoms with Gasteiger partial charge in [-0.2, -0.15) is 0 Å². The van der Waals surface area contributed by atoms with Gasteiger partial charge in [-0.05, 0) is 65.6 Å². The molecule has 1 atom stereocenters. The Morgan fingerprint density at radius 2 is 1.30 bits per heavy atom. The Bertz CT molecular complexity index is 832. The van der Waals surface area contributed by atoms with Gasteiger partial charge in [0.2, 0.25) is 0 Å². The van der Waals surface area contributed by atoms with Gasteiger partial charge in [0.15, 0.2) is 0 Å². The van der Waals surface area contributed by atoms with Crippen molar-refractivity contribution in [3.63, 3.8) is 0 Å². The van der Waals surface area contributed by atoms with Crippen LogP contribution in [0.15, 0.2) is 48.5 Å². The van der Waals surface area contributed by atoms with Crippen molar-refractivity contribution in [1.29, 1.82) is 0 Å². The molecule has 0 spiro atoms. The summed E-state index contributed by atoms with van der Waals surface area (Å²) in [6.45, 7) is 16.1. The zero-order valence-electron chi connectivity index (χ0n) is 19.6. The molecule has 2 aromatic carbocycles. The van der Waals surface area contributed by atoms with E-state index in [-0.39, 0.29) is 22.8 Å². The molecule has 1 aliphatic rings. The van der Waals surface area contributed by atoms with Crippen molar-refractivity contribution in [2.24, 2.45) is 0 Å². The number of amides is 1. The van der Waals surface area contributed by atoms with Crippen LogP contribution < -0.4 is 5.32 Å². The molecule has 1 aliphatic heterocycles. The number of nitrogens with one attached hydrogen (secondary N) is 1. The van der Waals surface area contributed by atoms with Crippen molar-refractivity contribution >= 4 is 5.91 Å². The lowest BCUT2D eigenvalue weighted by molar-refractivity contribution is 0.0938. The van der Waals surface area contributed by atoms with Gasteiger partial charge < -0.3 is 5.32 Å². The van der Waals surface area contributed by atoms with Crippen molar-refractivity contribution in [1.82, 2.24) is 10.2 Å². The summed E-state index contributed by atoms with van der Waals surface area (Å²) in [7, 11) is 0. The summed E-state index contributed by atoms with van der Waals surface area (Å²) in [5.74, 6) is 0.00553. The number of likely N-dealkylation sites (tertiary alicyclic amines) is 1. The van der Waals surface area contributed by atoms with Crippen LogP contribution in [0, 0.1) is 0 Å². The molecule has 3 rings (SSSR count). The van der Waals surface area contributed by atoms with E-state index >= 15 is 0 Å². The normalized spacial score (nSPS) is 16.5. The minimum Gasteiger partial charge on any atom is -0.350 e. The van der Waals surface area contributed by atoms with E-state index in [1.165, 1.54) is 29.5 Å². The van der Waals surface area contributed by atoms with Crippen LogP contribution in [0.1, 0.15) is 87.5 Å². The Morgan fingerprint density at radius 1 is 0.833 bits per heavy atom. The Balaban J connectivity index is 1.72. The van der Waals surface area contributed by atoms with Crippen LogP contribution in [0.2, 0.25) is 0 Å². The Labute approximate surface area is 182 Å². The smallest absolute Gasteiger partial charge is 0.251 e. The van der Waals surface area contributed by atoms with Crippen molar-refractivity contribution < 1.29 is 4.79 Å². The second kappa shape index (κ2) is 8.93. The van der Waals surface area contributed by atoms with Gasteiger partial charge in [0.05, 0.1) is 6.04 Å². The quantitative estimate of drug-likeness (QED) is 0.676. The van der Waals surface area contributed by atoms with Gasteiger partial charge in [-0.25, -0.2) is 0 Å². The summed E-state index contributed by atoms with van der Waals surface area (Å²) < 4.78 is 0. The molecule has 0 bridgehead atoms. The third kappa shape index (κ3) is 5.51. The monoisotopic (exact) mass is 406 g/mol. The van der Waals surface area contributed by atoms with Gasteiger partial charge in [-0.1, -0.05) is 77.9 Å². The summed E-state index contributed by atoms with van der Waals surface area (Å²) in [6.07, 6.45) is 2.47. The molecule has 0 radical (unpaired) electrons. The number of carbonyl (C=O) groups excluding carboxylic acids is 1. The molecule has 3 nitrogen and oxygen atoms in total. The van der Waals surface area contributed by atoms with Crippen LogP contribution in [0.5, 0.6) is 0 Å². The zero-order valence-corrected chi connectivity index (χ0v) is 19.6. The minimum atomic E-state index is 0.00553. The molecule has 1 heterocycles. The molecule has 0 saturated carbocycles.